The lowest BCUT2D eigenvalue weighted by molar-refractivity contribution is 0.668. The average molecular weight is 713 g/mol. The molecule has 0 spiro atoms. The van der Waals surface area contributed by atoms with Crippen LogP contribution in [0.2, 0.25) is 0 Å². The summed E-state index contributed by atoms with van der Waals surface area (Å²) in [5.41, 5.74) is 12.9. The van der Waals surface area contributed by atoms with Crippen LogP contribution in [-0.2, 0) is 0 Å². The Morgan fingerprint density at radius 2 is 0.732 bits per heavy atom. The van der Waals surface area contributed by atoms with Crippen LogP contribution in [-0.4, -0.2) is 0 Å². The van der Waals surface area contributed by atoms with E-state index in [1.807, 2.05) is 12.1 Å². The smallest absolute Gasteiger partial charge is 0.136 e. The molecule has 0 bridgehead atoms. The Labute approximate surface area is 322 Å². The van der Waals surface area contributed by atoms with Gasteiger partial charge in [-0.3, -0.25) is 0 Å². The quantitative estimate of drug-likeness (QED) is 0.170. The predicted octanol–water partition coefficient (Wildman–Crippen LogP) is 15.6. The highest BCUT2D eigenvalue weighted by Gasteiger charge is 2.22. The topological polar surface area (TPSA) is 26.3 Å². The maximum Gasteiger partial charge on any atom is 0.136 e. The van der Waals surface area contributed by atoms with Gasteiger partial charge in [0.1, 0.15) is 22.3 Å². The molecule has 0 unspecified atom stereocenters. The Morgan fingerprint density at radius 1 is 0.250 bits per heavy atom. The van der Waals surface area contributed by atoms with E-state index in [1.165, 1.54) is 49.2 Å². The molecule has 0 aliphatic carbocycles. The number of hydrogen-bond acceptors (Lipinski definition) is 2. The molecular weight excluding hydrogens is 681 g/mol. The molecule has 260 valence electrons. The average Bonchev–Trinajstić information content (AvgIpc) is 3.82. The lowest BCUT2D eigenvalue weighted by Crippen LogP contribution is -1.91. The highest BCUT2D eigenvalue weighted by molar-refractivity contribution is 6.24. The number of hydrogen-bond donors (Lipinski definition) is 0. The molecule has 12 rings (SSSR count). The van der Waals surface area contributed by atoms with Crippen molar-refractivity contribution in [2.24, 2.45) is 0 Å². The van der Waals surface area contributed by atoms with E-state index < -0.39 is 0 Å². The molecule has 0 saturated carbocycles. The summed E-state index contributed by atoms with van der Waals surface area (Å²) in [6, 6.07) is 69.8. The number of benzene rings is 10. The Hall–Kier alpha value is -7.42. The highest BCUT2D eigenvalue weighted by atomic mass is 16.3. The molecule has 2 nitrogen and oxygen atoms in total. The first-order valence-electron chi connectivity index (χ1n) is 19.2. The maximum absolute atomic E-state index is 6.73. The van der Waals surface area contributed by atoms with E-state index in [4.69, 9.17) is 8.83 Å². The Bertz CT molecular complexity index is 3470. The first-order chi connectivity index (χ1) is 27.8. The van der Waals surface area contributed by atoms with E-state index >= 15 is 0 Å². The third-order valence-electron chi connectivity index (χ3n) is 11.6. The van der Waals surface area contributed by atoms with Gasteiger partial charge < -0.3 is 8.83 Å². The van der Waals surface area contributed by atoms with Gasteiger partial charge in [-0.2, -0.15) is 0 Å². The summed E-state index contributed by atoms with van der Waals surface area (Å²) >= 11 is 0. The SMILES string of the molecule is c1ccc(-c2c3ccccc3c(-c3cccc(-c4cc(-c5c6ccccc6cc6oc7ccccc7c56)cc5oc6ccccc6c45)c3)c3ccccc23)cc1. The second-order valence-electron chi connectivity index (χ2n) is 14.7. The molecule has 2 heteroatoms. The van der Waals surface area contributed by atoms with Gasteiger partial charge in [-0.1, -0.05) is 158 Å². The number of fused-ring (bicyclic) bond motifs is 9. The molecule has 0 saturated heterocycles. The lowest BCUT2D eigenvalue weighted by atomic mass is 9.85. The zero-order chi connectivity index (χ0) is 36.7. The van der Waals surface area contributed by atoms with Gasteiger partial charge in [0.05, 0.1) is 0 Å². The summed E-state index contributed by atoms with van der Waals surface area (Å²) in [4.78, 5) is 0. The van der Waals surface area contributed by atoms with Crippen molar-refractivity contribution in [3.05, 3.63) is 194 Å². The third-order valence-corrected chi connectivity index (χ3v) is 11.6. The van der Waals surface area contributed by atoms with Gasteiger partial charge in [0.25, 0.3) is 0 Å². The van der Waals surface area contributed by atoms with Gasteiger partial charge in [0.15, 0.2) is 0 Å². The van der Waals surface area contributed by atoms with Crippen molar-refractivity contribution in [1.29, 1.82) is 0 Å². The molecule has 0 aliphatic rings. The van der Waals surface area contributed by atoms with E-state index in [0.717, 1.165) is 71.5 Å². The molecule has 0 aliphatic heterocycles. The summed E-state index contributed by atoms with van der Waals surface area (Å²) in [6.07, 6.45) is 0. The number of para-hydroxylation sites is 2. The fourth-order valence-electron chi connectivity index (χ4n) is 9.27. The molecule has 56 heavy (non-hydrogen) atoms. The van der Waals surface area contributed by atoms with E-state index in [1.54, 1.807) is 0 Å². The summed E-state index contributed by atoms with van der Waals surface area (Å²) in [7, 11) is 0. The summed E-state index contributed by atoms with van der Waals surface area (Å²) < 4.78 is 13.3. The zero-order valence-electron chi connectivity index (χ0n) is 30.3. The van der Waals surface area contributed by atoms with Crippen molar-refractivity contribution in [2.75, 3.05) is 0 Å². The fourth-order valence-corrected chi connectivity index (χ4v) is 9.27. The zero-order valence-corrected chi connectivity index (χ0v) is 30.3. The van der Waals surface area contributed by atoms with Gasteiger partial charge in [-0.15, -0.1) is 0 Å². The highest BCUT2D eigenvalue weighted by Crippen LogP contribution is 2.48. The van der Waals surface area contributed by atoms with Crippen molar-refractivity contribution in [2.45, 2.75) is 0 Å². The molecule has 2 aromatic heterocycles. The normalized spacial score (nSPS) is 11.9. The first-order valence-corrected chi connectivity index (χ1v) is 19.2. The van der Waals surface area contributed by atoms with E-state index in [-0.39, 0.29) is 0 Å². The van der Waals surface area contributed by atoms with E-state index in [9.17, 15) is 0 Å². The van der Waals surface area contributed by atoms with Crippen LogP contribution >= 0.6 is 0 Å². The molecule has 0 N–H and O–H groups in total. The number of furan rings is 2. The molecule has 0 radical (unpaired) electrons. The summed E-state index contributed by atoms with van der Waals surface area (Å²) in [6.45, 7) is 0. The lowest BCUT2D eigenvalue weighted by Gasteiger charge is -2.18. The van der Waals surface area contributed by atoms with Gasteiger partial charge in [-0.25, -0.2) is 0 Å². The number of rotatable bonds is 4. The molecule has 0 atom stereocenters. The first kappa shape index (κ1) is 31.0. The van der Waals surface area contributed by atoms with Crippen molar-refractivity contribution in [3.8, 4) is 44.5 Å². The Balaban J connectivity index is 1.17. The summed E-state index contributed by atoms with van der Waals surface area (Å²) in [5, 5.41) is 11.7. The van der Waals surface area contributed by atoms with Crippen LogP contribution in [0.1, 0.15) is 0 Å². The van der Waals surface area contributed by atoms with Gasteiger partial charge in [-0.05, 0) is 108 Å². The van der Waals surface area contributed by atoms with Crippen LogP contribution in [0.4, 0.5) is 0 Å². The second-order valence-corrected chi connectivity index (χ2v) is 14.7. The molecule has 10 aromatic carbocycles. The van der Waals surface area contributed by atoms with E-state index in [2.05, 4.69) is 182 Å². The van der Waals surface area contributed by atoms with Crippen molar-refractivity contribution in [3.63, 3.8) is 0 Å². The van der Waals surface area contributed by atoms with Gasteiger partial charge in [0, 0.05) is 27.1 Å². The Kier molecular flexibility index (Phi) is 6.66. The van der Waals surface area contributed by atoms with Crippen LogP contribution in [0, 0.1) is 0 Å². The monoisotopic (exact) mass is 712 g/mol. The predicted molar refractivity (Wildman–Crippen MR) is 235 cm³/mol. The van der Waals surface area contributed by atoms with Crippen LogP contribution in [0.25, 0.3) is 121 Å². The van der Waals surface area contributed by atoms with Crippen molar-refractivity contribution >= 4 is 76.2 Å². The van der Waals surface area contributed by atoms with Gasteiger partial charge >= 0.3 is 0 Å². The van der Waals surface area contributed by atoms with Crippen LogP contribution in [0.5, 0.6) is 0 Å². The third kappa shape index (κ3) is 4.57. The van der Waals surface area contributed by atoms with Crippen LogP contribution < -0.4 is 0 Å². The van der Waals surface area contributed by atoms with Crippen molar-refractivity contribution < 1.29 is 8.83 Å². The molecule has 2 heterocycles. The van der Waals surface area contributed by atoms with Crippen LogP contribution in [0.15, 0.2) is 203 Å². The molecule has 12 aromatic rings. The fraction of sp³-hybridized carbons (Fsp3) is 0. The van der Waals surface area contributed by atoms with Gasteiger partial charge in [0.2, 0.25) is 0 Å². The standard InChI is InChI=1S/C54H32O2/c1-2-15-33(16-3-1)50-39-21-6-8-23-41(39)51(42-24-9-7-22-40(42)50)36-19-14-18-34(29-36)45-30-37(32-48-53(45)43-25-10-12-27-46(43)55-48)52-38-20-5-4-17-35(38)31-49-54(52)44-26-11-13-28-47(44)56-49/h1-32H. The Morgan fingerprint density at radius 3 is 1.39 bits per heavy atom. The minimum absolute atomic E-state index is 0.862. The molecular formula is C54H32O2. The van der Waals surface area contributed by atoms with Crippen molar-refractivity contribution in [1.82, 2.24) is 0 Å². The molecule has 0 amide bonds. The second kappa shape index (κ2) is 12.0. The summed E-state index contributed by atoms with van der Waals surface area (Å²) in [5.74, 6) is 0. The maximum atomic E-state index is 6.73. The minimum Gasteiger partial charge on any atom is -0.456 e. The van der Waals surface area contributed by atoms with E-state index in [0.29, 0.717) is 0 Å². The minimum atomic E-state index is 0.862. The molecule has 0 fully saturated rings. The van der Waals surface area contributed by atoms with Crippen LogP contribution in [0.3, 0.4) is 0 Å². The largest absolute Gasteiger partial charge is 0.456 e.